The van der Waals surface area contributed by atoms with E-state index in [1.807, 2.05) is 25.4 Å². The molecule has 0 radical (unpaired) electrons. The van der Waals surface area contributed by atoms with Gasteiger partial charge in [0.25, 0.3) is 0 Å². The molecule has 0 aliphatic carbocycles. The number of aryl methyl sites for hydroxylation is 1. The van der Waals surface area contributed by atoms with Crippen LogP contribution in [0.15, 0.2) is 36.9 Å². The summed E-state index contributed by atoms with van der Waals surface area (Å²) in [6.07, 6.45) is 2.74. The quantitative estimate of drug-likeness (QED) is 0.675. The van der Waals surface area contributed by atoms with E-state index in [0.717, 1.165) is 11.1 Å². The number of halogens is 3. The number of aliphatic carboxylic acids is 1. The monoisotopic (exact) mass is 429 g/mol. The Kier molecular flexibility index (Phi) is 7.75. The Bertz CT molecular complexity index is 844. The number of pyridine rings is 1. The van der Waals surface area contributed by atoms with Crippen LogP contribution < -0.4 is 5.32 Å². The maximum Gasteiger partial charge on any atom is 0.490 e. The fourth-order valence-corrected chi connectivity index (χ4v) is 2.94. The van der Waals surface area contributed by atoms with Gasteiger partial charge >= 0.3 is 18.2 Å². The van der Waals surface area contributed by atoms with Gasteiger partial charge in [-0.25, -0.2) is 9.59 Å². The zero-order chi connectivity index (χ0) is 22.3. The van der Waals surface area contributed by atoms with E-state index < -0.39 is 18.2 Å². The van der Waals surface area contributed by atoms with Crippen LogP contribution in [0.25, 0.3) is 0 Å². The molecular formula is C18H22F3N5O4. The van der Waals surface area contributed by atoms with Crippen molar-refractivity contribution in [3.8, 4) is 0 Å². The summed E-state index contributed by atoms with van der Waals surface area (Å²) >= 11 is 0. The number of carboxylic acids is 1. The van der Waals surface area contributed by atoms with Crippen molar-refractivity contribution in [1.29, 1.82) is 0 Å². The number of urea groups is 1. The van der Waals surface area contributed by atoms with Gasteiger partial charge in [0.05, 0.1) is 18.3 Å². The second kappa shape index (κ2) is 10.1. The van der Waals surface area contributed by atoms with E-state index in [9.17, 15) is 23.1 Å². The van der Waals surface area contributed by atoms with E-state index in [2.05, 4.69) is 15.4 Å². The predicted octanol–water partition coefficient (Wildman–Crippen LogP) is 1.34. The van der Waals surface area contributed by atoms with Gasteiger partial charge in [-0.05, 0) is 30.0 Å². The molecule has 164 valence electrons. The number of aliphatic hydroxyl groups is 1. The van der Waals surface area contributed by atoms with Crippen LogP contribution >= 0.6 is 0 Å². The minimum atomic E-state index is -5.08. The Morgan fingerprint density at radius 3 is 2.53 bits per heavy atom. The smallest absolute Gasteiger partial charge is 0.475 e. The molecule has 3 N–H and O–H groups in total. The number of likely N-dealkylation sites (tertiary alicyclic amines) is 1. The van der Waals surface area contributed by atoms with Crippen molar-refractivity contribution in [3.63, 3.8) is 0 Å². The van der Waals surface area contributed by atoms with Crippen molar-refractivity contribution in [2.75, 3.05) is 6.54 Å². The molecule has 2 amide bonds. The molecule has 2 aromatic heterocycles. The first-order chi connectivity index (χ1) is 14.1. The third-order valence-electron chi connectivity index (χ3n) is 4.38. The molecule has 9 nitrogen and oxygen atoms in total. The highest BCUT2D eigenvalue weighted by Gasteiger charge is 2.38. The molecule has 1 fully saturated rings. The average Bonchev–Trinajstić information content (AvgIpc) is 3.26. The van der Waals surface area contributed by atoms with Crippen molar-refractivity contribution < 1.29 is 33.0 Å². The SMILES string of the molecule is Cn1cc(C[C@H]2[C@@H](O)CCN2C(=O)NCc2cccnc2)cn1.O=C(O)C(F)(F)F. The van der Waals surface area contributed by atoms with Gasteiger partial charge < -0.3 is 20.4 Å². The number of amides is 2. The molecule has 0 spiro atoms. The van der Waals surface area contributed by atoms with Crippen LogP contribution in [0.2, 0.25) is 0 Å². The van der Waals surface area contributed by atoms with Crippen molar-refractivity contribution in [2.24, 2.45) is 7.05 Å². The molecule has 2 aromatic rings. The van der Waals surface area contributed by atoms with Crippen LogP contribution in [-0.4, -0.2) is 66.7 Å². The topological polar surface area (TPSA) is 121 Å². The number of carbonyl (C=O) groups excluding carboxylic acids is 1. The van der Waals surface area contributed by atoms with E-state index in [1.54, 1.807) is 28.2 Å². The number of alkyl halides is 3. The lowest BCUT2D eigenvalue weighted by molar-refractivity contribution is -0.192. The van der Waals surface area contributed by atoms with Gasteiger partial charge in [-0.15, -0.1) is 0 Å². The van der Waals surface area contributed by atoms with Gasteiger partial charge in [-0.3, -0.25) is 9.67 Å². The van der Waals surface area contributed by atoms with Crippen LogP contribution in [0, 0.1) is 0 Å². The van der Waals surface area contributed by atoms with Gasteiger partial charge in [0.2, 0.25) is 0 Å². The maximum atomic E-state index is 12.4. The van der Waals surface area contributed by atoms with Gasteiger partial charge in [0.1, 0.15) is 0 Å². The number of carboxylic acid groups (broad SMARTS) is 1. The molecule has 30 heavy (non-hydrogen) atoms. The molecule has 12 heteroatoms. The van der Waals surface area contributed by atoms with Crippen LogP contribution in [0.3, 0.4) is 0 Å². The minimum Gasteiger partial charge on any atom is -0.475 e. The Morgan fingerprint density at radius 2 is 2.00 bits per heavy atom. The normalized spacial score (nSPS) is 18.5. The first-order valence-electron chi connectivity index (χ1n) is 8.97. The van der Waals surface area contributed by atoms with E-state index in [4.69, 9.17) is 9.90 Å². The van der Waals surface area contributed by atoms with Crippen molar-refractivity contribution in [3.05, 3.63) is 48.0 Å². The predicted molar refractivity (Wildman–Crippen MR) is 98.2 cm³/mol. The minimum absolute atomic E-state index is 0.153. The number of rotatable bonds is 4. The van der Waals surface area contributed by atoms with Gasteiger partial charge in [0, 0.05) is 38.7 Å². The fraction of sp³-hybridized carbons (Fsp3) is 0.444. The van der Waals surface area contributed by atoms with E-state index in [-0.39, 0.29) is 12.1 Å². The number of aromatic nitrogens is 3. The third kappa shape index (κ3) is 6.72. The molecule has 0 unspecified atom stereocenters. The highest BCUT2D eigenvalue weighted by Crippen LogP contribution is 2.22. The van der Waals surface area contributed by atoms with Crippen LogP contribution in [-0.2, 0) is 24.8 Å². The highest BCUT2D eigenvalue weighted by atomic mass is 19.4. The number of hydrogen-bond donors (Lipinski definition) is 3. The summed E-state index contributed by atoms with van der Waals surface area (Å²) < 4.78 is 33.5. The molecule has 3 rings (SSSR count). The van der Waals surface area contributed by atoms with Gasteiger partial charge in [0.15, 0.2) is 0 Å². The number of nitrogens with zero attached hydrogens (tertiary/aromatic N) is 4. The molecule has 3 heterocycles. The Balaban J connectivity index is 0.000000396. The summed E-state index contributed by atoms with van der Waals surface area (Å²) in [5.74, 6) is -2.76. The number of nitrogens with one attached hydrogen (secondary N) is 1. The Hall–Kier alpha value is -3.15. The Labute approximate surface area is 170 Å². The number of hydrogen-bond acceptors (Lipinski definition) is 5. The van der Waals surface area contributed by atoms with Gasteiger partial charge in [-0.2, -0.15) is 18.3 Å². The van der Waals surface area contributed by atoms with Crippen molar-refractivity contribution in [2.45, 2.75) is 37.7 Å². The molecular weight excluding hydrogens is 407 g/mol. The summed E-state index contributed by atoms with van der Waals surface area (Å²) in [5.41, 5.74) is 1.97. The van der Waals surface area contributed by atoms with Crippen molar-refractivity contribution in [1.82, 2.24) is 25.0 Å². The van der Waals surface area contributed by atoms with Crippen LogP contribution in [0.5, 0.6) is 0 Å². The lowest BCUT2D eigenvalue weighted by atomic mass is 10.1. The summed E-state index contributed by atoms with van der Waals surface area (Å²) in [6, 6.07) is 3.39. The lowest BCUT2D eigenvalue weighted by Gasteiger charge is -2.26. The van der Waals surface area contributed by atoms with Crippen molar-refractivity contribution >= 4 is 12.0 Å². The maximum absolute atomic E-state index is 12.4. The van der Waals surface area contributed by atoms with E-state index in [0.29, 0.717) is 25.9 Å². The zero-order valence-electron chi connectivity index (χ0n) is 16.1. The summed E-state index contributed by atoms with van der Waals surface area (Å²) in [4.78, 5) is 27.1. The first-order valence-corrected chi connectivity index (χ1v) is 8.97. The second-order valence-electron chi connectivity index (χ2n) is 6.67. The fourth-order valence-electron chi connectivity index (χ4n) is 2.94. The van der Waals surface area contributed by atoms with Gasteiger partial charge in [-0.1, -0.05) is 6.07 Å². The summed E-state index contributed by atoms with van der Waals surface area (Å²) in [7, 11) is 1.85. The number of carbonyl (C=O) groups is 2. The molecule has 0 aromatic carbocycles. The molecule has 0 saturated carbocycles. The average molecular weight is 429 g/mol. The summed E-state index contributed by atoms with van der Waals surface area (Å²) in [5, 5.41) is 24.4. The summed E-state index contributed by atoms with van der Waals surface area (Å²) in [6.45, 7) is 0.990. The first kappa shape index (κ1) is 23.1. The molecule has 1 aliphatic heterocycles. The third-order valence-corrected chi connectivity index (χ3v) is 4.38. The largest absolute Gasteiger partial charge is 0.490 e. The molecule has 1 saturated heterocycles. The molecule has 1 aliphatic rings. The van der Waals surface area contributed by atoms with Crippen LogP contribution in [0.4, 0.5) is 18.0 Å². The zero-order valence-corrected chi connectivity index (χ0v) is 16.1. The molecule has 2 atom stereocenters. The second-order valence-corrected chi connectivity index (χ2v) is 6.67. The Morgan fingerprint density at radius 1 is 1.30 bits per heavy atom. The standard InChI is InChI=1S/C16H21N5O2.C2HF3O2/c1-20-11-13(10-19-20)7-14-15(22)4-6-21(14)16(23)18-9-12-3-2-5-17-8-12;3-2(4,5)1(6)7/h2-3,5,8,10-11,14-15,22H,4,6-7,9H2,1H3,(H,18,23);(H,6,7)/t14-,15-;/m0./s1. The lowest BCUT2D eigenvalue weighted by Crippen LogP contribution is -2.46. The van der Waals surface area contributed by atoms with E-state index in [1.165, 1.54) is 0 Å². The highest BCUT2D eigenvalue weighted by molar-refractivity contribution is 5.75. The number of aliphatic hydroxyl groups excluding tert-OH is 1. The molecule has 0 bridgehead atoms. The van der Waals surface area contributed by atoms with Crippen LogP contribution in [0.1, 0.15) is 17.5 Å². The van der Waals surface area contributed by atoms with E-state index >= 15 is 0 Å².